The highest BCUT2D eigenvalue weighted by atomic mass is 16.2. The minimum Gasteiger partial charge on any atom is -0.342 e. The third-order valence-corrected chi connectivity index (χ3v) is 5.84. The fourth-order valence-corrected chi connectivity index (χ4v) is 4.24. The van der Waals surface area contributed by atoms with Crippen molar-refractivity contribution in [2.75, 3.05) is 23.7 Å². The molecule has 0 atom stereocenters. The lowest BCUT2D eigenvalue weighted by Crippen LogP contribution is -2.39. The zero-order valence-electron chi connectivity index (χ0n) is 16.7. The average molecular weight is 386 g/mol. The van der Waals surface area contributed by atoms with Gasteiger partial charge in [0.25, 0.3) is 0 Å². The van der Waals surface area contributed by atoms with Crippen LogP contribution < -0.4 is 10.6 Å². The first kappa shape index (κ1) is 20.4. The molecule has 0 unspecified atom stereocenters. The summed E-state index contributed by atoms with van der Waals surface area (Å²) in [6, 6.07) is 7.12. The smallest absolute Gasteiger partial charge is 0.227 e. The molecule has 2 fully saturated rings. The normalized spacial score (nSPS) is 22.8. The lowest BCUT2D eigenvalue weighted by Gasteiger charge is -2.31. The van der Waals surface area contributed by atoms with Crippen LogP contribution in [0.25, 0.3) is 0 Å². The largest absolute Gasteiger partial charge is 0.342 e. The summed E-state index contributed by atoms with van der Waals surface area (Å²) in [7, 11) is 0. The van der Waals surface area contributed by atoms with E-state index in [1.54, 1.807) is 24.3 Å². The number of nitrogens with one attached hydrogen (secondary N) is 2. The molecule has 28 heavy (non-hydrogen) atoms. The molecule has 1 aromatic rings. The summed E-state index contributed by atoms with van der Waals surface area (Å²) < 4.78 is 0. The Morgan fingerprint density at radius 3 is 1.82 bits per heavy atom. The number of rotatable bonds is 4. The van der Waals surface area contributed by atoms with Crippen LogP contribution in [0.4, 0.5) is 11.4 Å². The molecule has 1 saturated heterocycles. The Morgan fingerprint density at radius 2 is 1.29 bits per heavy atom. The van der Waals surface area contributed by atoms with Crippen LogP contribution in [0, 0.1) is 11.8 Å². The number of carbonyl (C=O) groups is 3. The molecule has 1 aromatic carbocycles. The maximum absolute atomic E-state index is 12.8. The van der Waals surface area contributed by atoms with Crippen molar-refractivity contribution >= 4 is 29.1 Å². The van der Waals surface area contributed by atoms with Gasteiger partial charge in [-0.15, -0.1) is 0 Å². The number of hydrogen-bond acceptors (Lipinski definition) is 3. The molecule has 2 aliphatic rings. The van der Waals surface area contributed by atoms with Gasteiger partial charge in [0.1, 0.15) is 0 Å². The number of benzene rings is 1. The van der Waals surface area contributed by atoms with Gasteiger partial charge >= 0.3 is 0 Å². The van der Waals surface area contributed by atoms with E-state index in [2.05, 4.69) is 15.5 Å². The van der Waals surface area contributed by atoms with Crippen molar-refractivity contribution in [3.05, 3.63) is 24.3 Å². The fraction of sp³-hybridized carbons (Fsp3) is 0.591. The van der Waals surface area contributed by atoms with Crippen LogP contribution in [0.1, 0.15) is 58.3 Å². The second kappa shape index (κ2) is 9.71. The molecular formula is C22H31N3O3. The predicted molar refractivity (Wildman–Crippen MR) is 110 cm³/mol. The van der Waals surface area contributed by atoms with Gasteiger partial charge in [-0.25, -0.2) is 0 Å². The fourth-order valence-electron chi connectivity index (χ4n) is 4.24. The van der Waals surface area contributed by atoms with Gasteiger partial charge in [0.2, 0.25) is 17.7 Å². The third-order valence-electron chi connectivity index (χ3n) is 5.84. The Labute approximate surface area is 167 Å². The molecule has 3 amide bonds. The Balaban J connectivity index is 1.46. The number of anilines is 2. The standard InChI is InChI=1S/C22H31N3O3/c1-16(26)23-19-10-12-20(13-11-19)24-21(27)17-6-8-18(9-7-17)22(28)25-14-4-2-3-5-15-25/h10-13,17-18H,2-9,14-15H2,1H3,(H,23,26)(H,24,27). The minimum atomic E-state index is -0.122. The summed E-state index contributed by atoms with van der Waals surface area (Å²) in [4.78, 5) is 38.5. The highest BCUT2D eigenvalue weighted by molar-refractivity contribution is 5.93. The molecule has 1 saturated carbocycles. The monoisotopic (exact) mass is 385 g/mol. The molecule has 0 spiro atoms. The van der Waals surface area contributed by atoms with E-state index in [0.29, 0.717) is 11.6 Å². The molecule has 6 nitrogen and oxygen atoms in total. The molecule has 2 N–H and O–H groups in total. The molecule has 0 bridgehead atoms. The highest BCUT2D eigenvalue weighted by Crippen LogP contribution is 2.31. The highest BCUT2D eigenvalue weighted by Gasteiger charge is 2.32. The number of hydrogen-bond donors (Lipinski definition) is 2. The first-order chi connectivity index (χ1) is 13.5. The molecule has 0 aromatic heterocycles. The summed E-state index contributed by atoms with van der Waals surface area (Å²) in [6.45, 7) is 3.26. The van der Waals surface area contributed by atoms with Gasteiger partial charge in [0.05, 0.1) is 0 Å². The second-order valence-corrected chi connectivity index (χ2v) is 8.04. The zero-order chi connectivity index (χ0) is 19.9. The quantitative estimate of drug-likeness (QED) is 0.828. The Kier molecular flexibility index (Phi) is 7.06. The van der Waals surface area contributed by atoms with Crippen LogP contribution in [0.15, 0.2) is 24.3 Å². The number of carbonyl (C=O) groups excluding carboxylic acids is 3. The van der Waals surface area contributed by atoms with Crippen LogP contribution in [0.3, 0.4) is 0 Å². The molecule has 0 radical (unpaired) electrons. The van der Waals surface area contributed by atoms with Crippen LogP contribution in [0.5, 0.6) is 0 Å². The van der Waals surface area contributed by atoms with E-state index in [9.17, 15) is 14.4 Å². The van der Waals surface area contributed by atoms with Gasteiger partial charge in [-0.2, -0.15) is 0 Å². The summed E-state index contributed by atoms with van der Waals surface area (Å²) >= 11 is 0. The molecule has 152 valence electrons. The van der Waals surface area contributed by atoms with E-state index in [4.69, 9.17) is 0 Å². The average Bonchev–Trinajstić information content (AvgIpc) is 2.98. The maximum atomic E-state index is 12.8. The van der Waals surface area contributed by atoms with E-state index < -0.39 is 0 Å². The molecule has 1 aliphatic heterocycles. The zero-order valence-corrected chi connectivity index (χ0v) is 16.7. The first-order valence-corrected chi connectivity index (χ1v) is 10.5. The number of likely N-dealkylation sites (tertiary alicyclic amines) is 1. The van der Waals surface area contributed by atoms with Crippen molar-refractivity contribution in [3.8, 4) is 0 Å². The molecule has 6 heteroatoms. The van der Waals surface area contributed by atoms with Gasteiger partial charge in [0.15, 0.2) is 0 Å². The van der Waals surface area contributed by atoms with Crippen LogP contribution in [-0.2, 0) is 14.4 Å². The Morgan fingerprint density at radius 1 is 0.786 bits per heavy atom. The van der Waals surface area contributed by atoms with Crippen molar-refractivity contribution in [3.63, 3.8) is 0 Å². The van der Waals surface area contributed by atoms with Gasteiger partial charge in [0, 0.05) is 43.2 Å². The summed E-state index contributed by atoms with van der Waals surface area (Å²) in [5.74, 6) is 0.243. The van der Waals surface area contributed by atoms with E-state index in [1.807, 2.05) is 0 Å². The third kappa shape index (κ3) is 5.57. The first-order valence-electron chi connectivity index (χ1n) is 10.5. The van der Waals surface area contributed by atoms with E-state index in [1.165, 1.54) is 19.8 Å². The SMILES string of the molecule is CC(=O)Nc1ccc(NC(=O)C2CCC(C(=O)N3CCCCCC3)CC2)cc1. The summed E-state index contributed by atoms with van der Waals surface area (Å²) in [5.41, 5.74) is 1.43. The Bertz CT molecular complexity index is 685. The second-order valence-electron chi connectivity index (χ2n) is 8.04. The minimum absolute atomic E-state index is 0.0212. The van der Waals surface area contributed by atoms with Crippen molar-refractivity contribution in [1.82, 2.24) is 4.90 Å². The summed E-state index contributed by atoms with van der Waals surface area (Å²) in [6.07, 6.45) is 7.81. The van der Waals surface area contributed by atoms with E-state index >= 15 is 0 Å². The van der Waals surface area contributed by atoms with Crippen LogP contribution in [-0.4, -0.2) is 35.7 Å². The van der Waals surface area contributed by atoms with Crippen LogP contribution >= 0.6 is 0 Å². The van der Waals surface area contributed by atoms with Gasteiger partial charge in [-0.1, -0.05) is 12.8 Å². The number of amides is 3. The lowest BCUT2D eigenvalue weighted by atomic mass is 9.81. The number of nitrogens with zero attached hydrogens (tertiary/aromatic N) is 1. The van der Waals surface area contributed by atoms with Gasteiger partial charge < -0.3 is 15.5 Å². The van der Waals surface area contributed by atoms with Crippen LogP contribution in [0.2, 0.25) is 0 Å². The van der Waals surface area contributed by atoms with Gasteiger partial charge in [-0.3, -0.25) is 14.4 Å². The van der Waals surface area contributed by atoms with Gasteiger partial charge in [-0.05, 0) is 62.8 Å². The molecule has 1 aliphatic carbocycles. The van der Waals surface area contributed by atoms with E-state index in [0.717, 1.165) is 57.3 Å². The van der Waals surface area contributed by atoms with Crippen molar-refractivity contribution < 1.29 is 14.4 Å². The van der Waals surface area contributed by atoms with Crippen molar-refractivity contribution in [2.45, 2.75) is 58.3 Å². The predicted octanol–water partition coefficient (Wildman–Crippen LogP) is 3.79. The lowest BCUT2D eigenvalue weighted by molar-refractivity contribution is -0.137. The molecule has 1 heterocycles. The van der Waals surface area contributed by atoms with Crippen molar-refractivity contribution in [2.24, 2.45) is 11.8 Å². The summed E-state index contributed by atoms with van der Waals surface area (Å²) in [5, 5.41) is 5.67. The topological polar surface area (TPSA) is 78.5 Å². The van der Waals surface area contributed by atoms with Crippen molar-refractivity contribution in [1.29, 1.82) is 0 Å². The van der Waals surface area contributed by atoms with E-state index in [-0.39, 0.29) is 23.7 Å². The maximum Gasteiger partial charge on any atom is 0.227 e. The molecule has 3 rings (SSSR count). The Hall–Kier alpha value is -2.37. The molecular weight excluding hydrogens is 354 g/mol.